The second kappa shape index (κ2) is 8.15. The van der Waals surface area contributed by atoms with Crippen molar-refractivity contribution >= 4 is 11.8 Å². The summed E-state index contributed by atoms with van der Waals surface area (Å²) in [5.41, 5.74) is 0. The predicted octanol–water partition coefficient (Wildman–Crippen LogP) is 0.276. The molecule has 2 rings (SSSR count). The van der Waals surface area contributed by atoms with E-state index in [4.69, 9.17) is 4.42 Å². The number of amides is 2. The van der Waals surface area contributed by atoms with Crippen LogP contribution in [0.25, 0.3) is 0 Å². The molecule has 1 aliphatic rings. The lowest BCUT2D eigenvalue weighted by Crippen LogP contribution is -3.11. The van der Waals surface area contributed by atoms with Gasteiger partial charge in [0.05, 0.1) is 25.9 Å². The number of carbonyl (C=O) groups excluding carboxylic acids is 2. The largest absolute Gasteiger partial charge is 0.463 e. The van der Waals surface area contributed by atoms with E-state index >= 15 is 0 Å². The van der Waals surface area contributed by atoms with E-state index in [2.05, 4.69) is 10.6 Å². The number of likely N-dealkylation sites (tertiary alicyclic amines) is 1. The van der Waals surface area contributed by atoms with E-state index < -0.39 is 6.04 Å². The number of rotatable bonds is 7. The summed E-state index contributed by atoms with van der Waals surface area (Å²) >= 11 is 0. The topological polar surface area (TPSA) is 75.8 Å². The van der Waals surface area contributed by atoms with Crippen molar-refractivity contribution in [3.05, 3.63) is 24.2 Å². The molecule has 23 heavy (non-hydrogen) atoms. The summed E-state index contributed by atoms with van der Waals surface area (Å²) in [6.07, 6.45) is 4.09. The Balaban J connectivity index is 1.99. The van der Waals surface area contributed by atoms with E-state index in [9.17, 15) is 9.59 Å². The number of quaternary nitrogens is 1. The average Bonchev–Trinajstić information content (AvgIpc) is 3.17. The summed E-state index contributed by atoms with van der Waals surface area (Å²) in [5.74, 6) is 0.625. The highest BCUT2D eigenvalue weighted by Crippen LogP contribution is 2.12. The number of carbonyl (C=O) groups is 2. The highest BCUT2D eigenvalue weighted by atomic mass is 16.3. The molecule has 1 aromatic heterocycles. The molecule has 2 amide bonds. The van der Waals surface area contributed by atoms with Crippen molar-refractivity contribution in [1.29, 1.82) is 0 Å². The molecule has 0 saturated carbocycles. The van der Waals surface area contributed by atoms with Crippen molar-refractivity contribution in [3.8, 4) is 0 Å². The number of hydrogen-bond donors (Lipinski definition) is 3. The normalized spacial score (nSPS) is 17.9. The van der Waals surface area contributed by atoms with Gasteiger partial charge in [-0.25, -0.2) is 0 Å². The van der Waals surface area contributed by atoms with Gasteiger partial charge in [-0.3, -0.25) is 9.59 Å². The minimum atomic E-state index is -0.502. The first-order chi connectivity index (χ1) is 11.0. The highest BCUT2D eigenvalue weighted by Gasteiger charge is 2.31. The van der Waals surface area contributed by atoms with Crippen molar-refractivity contribution in [2.45, 2.75) is 45.7 Å². The van der Waals surface area contributed by atoms with Crippen molar-refractivity contribution in [3.63, 3.8) is 0 Å². The van der Waals surface area contributed by atoms with Crippen LogP contribution in [0.3, 0.4) is 0 Å². The Morgan fingerprint density at radius 2 is 2.00 bits per heavy atom. The van der Waals surface area contributed by atoms with Crippen LogP contribution in [-0.2, 0) is 9.59 Å². The average molecular weight is 322 g/mol. The molecule has 128 valence electrons. The molecule has 0 bridgehead atoms. The Bertz CT molecular complexity index is 507. The van der Waals surface area contributed by atoms with E-state index in [1.807, 2.05) is 26.0 Å². The van der Waals surface area contributed by atoms with Gasteiger partial charge in [-0.1, -0.05) is 13.8 Å². The summed E-state index contributed by atoms with van der Waals surface area (Å²) in [7, 11) is 0. The summed E-state index contributed by atoms with van der Waals surface area (Å²) in [6, 6.07) is 3.48. The molecule has 6 nitrogen and oxygen atoms in total. The molecule has 1 aliphatic heterocycles. The van der Waals surface area contributed by atoms with Crippen molar-refractivity contribution in [1.82, 2.24) is 10.6 Å². The van der Waals surface area contributed by atoms with Crippen molar-refractivity contribution < 1.29 is 18.9 Å². The van der Waals surface area contributed by atoms with Crippen molar-refractivity contribution in [2.75, 3.05) is 19.6 Å². The molecular weight excluding hydrogens is 294 g/mol. The van der Waals surface area contributed by atoms with Crippen LogP contribution in [0.4, 0.5) is 0 Å². The molecule has 2 atom stereocenters. The maximum absolute atomic E-state index is 12.4. The molecule has 0 aromatic carbocycles. The van der Waals surface area contributed by atoms with Gasteiger partial charge >= 0.3 is 0 Å². The maximum atomic E-state index is 12.4. The summed E-state index contributed by atoms with van der Waals surface area (Å²) in [5, 5.41) is 5.73. The zero-order valence-electron chi connectivity index (χ0n) is 14.2. The molecule has 3 N–H and O–H groups in total. The second-order valence-electron chi connectivity index (χ2n) is 6.60. The third kappa shape index (κ3) is 4.82. The van der Waals surface area contributed by atoms with Gasteiger partial charge in [-0.15, -0.1) is 0 Å². The molecule has 0 unspecified atom stereocenters. The van der Waals surface area contributed by atoms with E-state index in [-0.39, 0.29) is 23.8 Å². The smallest absolute Gasteiger partial charge is 0.243 e. The third-order valence-electron chi connectivity index (χ3n) is 4.41. The predicted molar refractivity (Wildman–Crippen MR) is 86.8 cm³/mol. The lowest BCUT2D eigenvalue weighted by molar-refractivity contribution is -0.919. The Hall–Kier alpha value is -1.82. The van der Waals surface area contributed by atoms with Crippen LogP contribution in [0.5, 0.6) is 0 Å². The molecule has 2 heterocycles. The van der Waals surface area contributed by atoms with Crippen LogP contribution in [0.1, 0.15) is 45.4 Å². The van der Waals surface area contributed by atoms with Crippen LogP contribution >= 0.6 is 0 Å². The van der Waals surface area contributed by atoms with Crippen LogP contribution in [-0.4, -0.2) is 37.5 Å². The van der Waals surface area contributed by atoms with Crippen LogP contribution < -0.4 is 15.5 Å². The molecule has 1 aromatic rings. The first-order valence-electron chi connectivity index (χ1n) is 8.42. The molecule has 0 aliphatic carbocycles. The van der Waals surface area contributed by atoms with Gasteiger partial charge in [0, 0.05) is 19.8 Å². The molecule has 6 heteroatoms. The fourth-order valence-electron chi connectivity index (χ4n) is 3.18. The minimum absolute atomic E-state index is 0.0418. The second-order valence-corrected chi connectivity index (χ2v) is 6.60. The first-order valence-corrected chi connectivity index (χ1v) is 8.42. The van der Waals surface area contributed by atoms with Gasteiger partial charge in [0.2, 0.25) is 11.8 Å². The zero-order chi connectivity index (χ0) is 16.8. The molecule has 1 fully saturated rings. The quantitative estimate of drug-likeness (QED) is 0.675. The molecule has 1 saturated heterocycles. The zero-order valence-corrected chi connectivity index (χ0v) is 14.2. The summed E-state index contributed by atoms with van der Waals surface area (Å²) < 4.78 is 5.57. The Morgan fingerprint density at radius 3 is 2.52 bits per heavy atom. The lowest BCUT2D eigenvalue weighted by atomic mass is 10.0. The Kier molecular flexibility index (Phi) is 6.21. The Labute approximate surface area is 137 Å². The van der Waals surface area contributed by atoms with Crippen LogP contribution in [0.15, 0.2) is 22.8 Å². The van der Waals surface area contributed by atoms with Gasteiger partial charge in [0.25, 0.3) is 0 Å². The fourth-order valence-corrected chi connectivity index (χ4v) is 3.18. The van der Waals surface area contributed by atoms with Gasteiger partial charge in [0.15, 0.2) is 11.8 Å². The van der Waals surface area contributed by atoms with Gasteiger partial charge in [-0.2, -0.15) is 0 Å². The third-order valence-corrected chi connectivity index (χ3v) is 4.41. The molecule has 0 spiro atoms. The van der Waals surface area contributed by atoms with E-state index in [0.29, 0.717) is 6.54 Å². The van der Waals surface area contributed by atoms with Gasteiger partial charge in [-0.05, 0) is 18.1 Å². The Morgan fingerprint density at radius 1 is 1.30 bits per heavy atom. The van der Waals surface area contributed by atoms with Crippen LogP contribution in [0.2, 0.25) is 0 Å². The van der Waals surface area contributed by atoms with Crippen LogP contribution in [0, 0.1) is 5.92 Å². The number of hydrogen-bond acceptors (Lipinski definition) is 3. The first kappa shape index (κ1) is 17.5. The minimum Gasteiger partial charge on any atom is -0.463 e. The highest BCUT2D eigenvalue weighted by molar-refractivity contribution is 5.87. The molecular formula is C17H28N3O3+. The number of nitrogens with one attached hydrogen (secondary N) is 3. The fraction of sp³-hybridized carbons (Fsp3) is 0.647. The number of furan rings is 1. The standard InChI is InChI=1S/C17H27N3O3/c1-12(2)16(19-13(3)21)17(22)18-11-14(15-7-6-10-23-15)20-8-4-5-9-20/h6-7,10,12,14,16H,4-5,8-9,11H2,1-3H3,(H,18,22)(H,19,21)/p+1/t14-,16-/m0/s1. The monoisotopic (exact) mass is 322 g/mol. The van der Waals surface area contributed by atoms with E-state index in [1.165, 1.54) is 24.7 Å². The van der Waals surface area contributed by atoms with Gasteiger partial charge < -0.3 is 20.0 Å². The molecule has 0 radical (unpaired) electrons. The lowest BCUT2D eigenvalue weighted by Gasteiger charge is -2.25. The van der Waals surface area contributed by atoms with Gasteiger partial charge in [0.1, 0.15) is 6.04 Å². The summed E-state index contributed by atoms with van der Waals surface area (Å²) in [6.45, 7) is 8.00. The maximum Gasteiger partial charge on any atom is 0.243 e. The van der Waals surface area contributed by atoms with E-state index in [0.717, 1.165) is 18.8 Å². The van der Waals surface area contributed by atoms with E-state index in [1.54, 1.807) is 6.26 Å². The van der Waals surface area contributed by atoms with Crippen molar-refractivity contribution in [2.24, 2.45) is 5.92 Å². The SMILES string of the molecule is CC(=O)N[C@H](C(=O)NC[C@@H](c1ccco1)[NH+]1CCCC1)C(C)C. The summed E-state index contributed by atoms with van der Waals surface area (Å²) in [4.78, 5) is 25.2.